The van der Waals surface area contributed by atoms with Crippen molar-refractivity contribution in [1.82, 2.24) is 15.0 Å². The van der Waals surface area contributed by atoms with Gasteiger partial charge in [0, 0.05) is 16.7 Å². The second-order valence-electron chi connectivity index (χ2n) is 16.3. The second-order valence-corrected chi connectivity index (χ2v) is 16.3. The van der Waals surface area contributed by atoms with Crippen LogP contribution in [0.1, 0.15) is 48.6 Å². The quantitative estimate of drug-likeness (QED) is 0.166. The number of hydrogen-bond acceptors (Lipinski definition) is 3. The SMILES string of the molecule is Cc1ccc(-c2nc(-c3ccc(C)cc3C)nc(-c3ccc(-c4c5ccccc5c(-c5ccc(C(C)(C)C)cc5)c5ccccc45)c4ccccc34)n2)c(C)c1. The lowest BCUT2D eigenvalue weighted by Crippen LogP contribution is -2.10. The summed E-state index contributed by atoms with van der Waals surface area (Å²) in [5.41, 5.74) is 14.0. The summed E-state index contributed by atoms with van der Waals surface area (Å²) in [6.07, 6.45) is 0. The van der Waals surface area contributed by atoms with E-state index in [1.807, 2.05) is 0 Å². The Kier molecular flexibility index (Phi) is 8.62. The zero-order valence-electron chi connectivity index (χ0n) is 33.2. The van der Waals surface area contributed by atoms with Gasteiger partial charge in [0.2, 0.25) is 0 Å². The maximum atomic E-state index is 5.23. The fourth-order valence-electron chi connectivity index (χ4n) is 8.44. The number of nitrogens with zero attached hydrogens (tertiary/aromatic N) is 3. The Hall–Kier alpha value is -6.45. The molecule has 56 heavy (non-hydrogen) atoms. The van der Waals surface area contributed by atoms with E-state index in [1.54, 1.807) is 0 Å². The number of aryl methyl sites for hydroxylation is 4. The molecule has 0 atom stereocenters. The van der Waals surface area contributed by atoms with Crippen molar-refractivity contribution in [3.05, 3.63) is 173 Å². The lowest BCUT2D eigenvalue weighted by molar-refractivity contribution is 0.590. The van der Waals surface area contributed by atoms with E-state index in [9.17, 15) is 0 Å². The first kappa shape index (κ1) is 35.3. The number of aromatic nitrogens is 3. The van der Waals surface area contributed by atoms with E-state index < -0.39 is 0 Å². The monoisotopic (exact) mass is 723 g/mol. The van der Waals surface area contributed by atoms with E-state index in [2.05, 4.69) is 194 Å². The largest absolute Gasteiger partial charge is 0.208 e. The van der Waals surface area contributed by atoms with Crippen LogP contribution in [0.25, 0.3) is 88.7 Å². The van der Waals surface area contributed by atoms with Gasteiger partial charge in [-0.3, -0.25) is 0 Å². The highest BCUT2D eigenvalue weighted by Crippen LogP contribution is 2.46. The van der Waals surface area contributed by atoms with Gasteiger partial charge in [-0.1, -0.05) is 171 Å². The minimum absolute atomic E-state index is 0.0867. The van der Waals surface area contributed by atoms with Crippen molar-refractivity contribution in [2.24, 2.45) is 0 Å². The molecule has 0 saturated heterocycles. The van der Waals surface area contributed by atoms with Crippen molar-refractivity contribution in [2.45, 2.75) is 53.9 Å². The van der Waals surface area contributed by atoms with Crippen LogP contribution in [-0.2, 0) is 5.41 Å². The third-order valence-corrected chi connectivity index (χ3v) is 11.3. The molecule has 9 aromatic rings. The predicted octanol–water partition coefficient (Wildman–Crippen LogP) is 14.2. The topological polar surface area (TPSA) is 38.7 Å². The van der Waals surface area contributed by atoms with Crippen LogP contribution in [0.15, 0.2) is 146 Å². The molecule has 8 aromatic carbocycles. The van der Waals surface area contributed by atoms with Crippen LogP contribution in [-0.4, -0.2) is 15.0 Å². The molecule has 0 unspecified atom stereocenters. The molecule has 0 aliphatic rings. The highest BCUT2D eigenvalue weighted by atomic mass is 15.0. The van der Waals surface area contributed by atoms with Gasteiger partial charge in [-0.15, -0.1) is 0 Å². The molecule has 9 rings (SSSR count). The molecule has 272 valence electrons. The summed E-state index contributed by atoms with van der Waals surface area (Å²) in [4.78, 5) is 15.6. The third kappa shape index (κ3) is 6.14. The van der Waals surface area contributed by atoms with Crippen LogP contribution >= 0.6 is 0 Å². The van der Waals surface area contributed by atoms with Crippen molar-refractivity contribution in [2.75, 3.05) is 0 Å². The van der Waals surface area contributed by atoms with E-state index in [0.29, 0.717) is 17.5 Å². The first-order valence-electron chi connectivity index (χ1n) is 19.5. The average molecular weight is 724 g/mol. The van der Waals surface area contributed by atoms with E-state index >= 15 is 0 Å². The minimum atomic E-state index is 0.0867. The summed E-state index contributed by atoms with van der Waals surface area (Å²) in [6, 6.07) is 53.1. The standard InChI is InChI=1S/C53H45N3/c1-32-20-26-38(34(3)30-32)50-54-51(39-27-21-33(2)31-35(39)4)56-52(55-50)47-29-28-46(40-14-8-9-15-41(40)47)49-44-18-12-10-16-42(44)48(43-17-11-13-19-45(43)49)36-22-24-37(25-23-36)53(5,6)7/h8-31H,1-7H3. The predicted molar refractivity (Wildman–Crippen MR) is 237 cm³/mol. The fourth-order valence-corrected chi connectivity index (χ4v) is 8.44. The van der Waals surface area contributed by atoms with Gasteiger partial charge in [0.25, 0.3) is 0 Å². The molecule has 0 spiro atoms. The molecule has 0 saturated carbocycles. The van der Waals surface area contributed by atoms with Gasteiger partial charge in [0.1, 0.15) is 0 Å². The van der Waals surface area contributed by atoms with Crippen LogP contribution in [0, 0.1) is 27.7 Å². The third-order valence-electron chi connectivity index (χ3n) is 11.3. The van der Waals surface area contributed by atoms with Gasteiger partial charge in [-0.2, -0.15) is 0 Å². The van der Waals surface area contributed by atoms with Crippen molar-refractivity contribution >= 4 is 32.3 Å². The van der Waals surface area contributed by atoms with Crippen molar-refractivity contribution in [3.63, 3.8) is 0 Å². The van der Waals surface area contributed by atoms with E-state index in [-0.39, 0.29) is 5.41 Å². The molecule has 0 N–H and O–H groups in total. The van der Waals surface area contributed by atoms with Crippen LogP contribution in [0.3, 0.4) is 0 Å². The molecule has 0 aliphatic heterocycles. The van der Waals surface area contributed by atoms with Crippen molar-refractivity contribution in [1.29, 1.82) is 0 Å². The number of hydrogen-bond donors (Lipinski definition) is 0. The van der Waals surface area contributed by atoms with Crippen LogP contribution < -0.4 is 0 Å². The zero-order valence-corrected chi connectivity index (χ0v) is 33.2. The van der Waals surface area contributed by atoms with Crippen molar-refractivity contribution in [3.8, 4) is 56.4 Å². The Bertz CT molecular complexity index is 2860. The van der Waals surface area contributed by atoms with Gasteiger partial charge >= 0.3 is 0 Å². The van der Waals surface area contributed by atoms with Gasteiger partial charge in [-0.05, 0) is 110 Å². The molecular weight excluding hydrogens is 679 g/mol. The molecule has 0 fully saturated rings. The van der Waals surface area contributed by atoms with E-state index in [0.717, 1.165) is 38.6 Å². The highest BCUT2D eigenvalue weighted by Gasteiger charge is 2.22. The molecule has 3 heteroatoms. The summed E-state index contributed by atoms with van der Waals surface area (Å²) in [7, 11) is 0. The maximum Gasteiger partial charge on any atom is 0.164 e. The summed E-state index contributed by atoms with van der Waals surface area (Å²) >= 11 is 0. The lowest BCUT2D eigenvalue weighted by Gasteiger charge is -2.21. The van der Waals surface area contributed by atoms with E-state index in [1.165, 1.54) is 60.5 Å². The van der Waals surface area contributed by atoms with Gasteiger partial charge in [0.05, 0.1) is 0 Å². The Morgan fingerprint density at radius 3 is 1.18 bits per heavy atom. The van der Waals surface area contributed by atoms with Gasteiger partial charge < -0.3 is 0 Å². The Balaban J connectivity index is 1.29. The summed E-state index contributed by atoms with van der Waals surface area (Å²) in [5.74, 6) is 2.02. The zero-order chi connectivity index (χ0) is 38.7. The Labute approximate surface area is 329 Å². The molecular formula is C53H45N3. The summed E-state index contributed by atoms with van der Waals surface area (Å²) in [6.45, 7) is 15.3. The number of benzene rings is 8. The molecule has 0 aliphatic carbocycles. The normalized spacial score (nSPS) is 11.8. The van der Waals surface area contributed by atoms with E-state index in [4.69, 9.17) is 15.0 Å². The average Bonchev–Trinajstić information content (AvgIpc) is 3.19. The molecule has 0 amide bonds. The molecule has 0 bridgehead atoms. The molecule has 3 nitrogen and oxygen atoms in total. The highest BCUT2D eigenvalue weighted by molar-refractivity contribution is 6.24. The summed E-state index contributed by atoms with van der Waals surface area (Å²) < 4.78 is 0. The minimum Gasteiger partial charge on any atom is -0.208 e. The van der Waals surface area contributed by atoms with Crippen LogP contribution in [0.4, 0.5) is 0 Å². The van der Waals surface area contributed by atoms with Gasteiger partial charge in [-0.25, -0.2) is 15.0 Å². The van der Waals surface area contributed by atoms with Crippen molar-refractivity contribution < 1.29 is 0 Å². The Morgan fingerprint density at radius 1 is 0.357 bits per heavy atom. The van der Waals surface area contributed by atoms with Crippen LogP contribution in [0.5, 0.6) is 0 Å². The number of rotatable bonds is 5. The first-order valence-corrected chi connectivity index (χ1v) is 19.5. The first-order chi connectivity index (χ1) is 27.0. The molecule has 1 aromatic heterocycles. The number of fused-ring (bicyclic) bond motifs is 3. The Morgan fingerprint density at radius 2 is 0.732 bits per heavy atom. The second kappa shape index (κ2) is 13.7. The smallest absolute Gasteiger partial charge is 0.164 e. The maximum absolute atomic E-state index is 5.23. The van der Waals surface area contributed by atoms with Gasteiger partial charge in [0.15, 0.2) is 17.5 Å². The fraction of sp³-hybridized carbons (Fsp3) is 0.151. The van der Waals surface area contributed by atoms with Crippen LogP contribution in [0.2, 0.25) is 0 Å². The summed E-state index contributed by atoms with van der Waals surface area (Å²) in [5, 5.41) is 7.20. The molecule has 0 radical (unpaired) electrons. The molecule has 1 heterocycles. The lowest BCUT2D eigenvalue weighted by atomic mass is 9.83.